The van der Waals surface area contributed by atoms with Gasteiger partial charge in [0.25, 0.3) is 16.7 Å². The van der Waals surface area contributed by atoms with Gasteiger partial charge in [-0.05, 0) is 95.7 Å². The Morgan fingerprint density at radius 1 is 0.640 bits per heavy atom. The Hall–Kier alpha value is -5.14. The van der Waals surface area contributed by atoms with Gasteiger partial charge in [0.05, 0.1) is 32.1 Å². The number of amides is 2. The summed E-state index contributed by atoms with van der Waals surface area (Å²) in [6.45, 7) is 22.8. The fourth-order valence-corrected chi connectivity index (χ4v) is 9.07. The normalized spacial score (nSPS) is 11.2. The molecule has 0 saturated heterocycles. The van der Waals surface area contributed by atoms with Gasteiger partial charge in [-0.2, -0.15) is 4.98 Å². The van der Waals surface area contributed by atoms with E-state index in [9.17, 15) is 24.0 Å². The van der Waals surface area contributed by atoms with E-state index in [1.54, 1.807) is 101 Å². The molecular formula is C52H62BrCl6N9O7. The minimum atomic E-state index is -0.618. The fraction of sp³-hybridized carbons (Fsp3) is 0.385. The third-order valence-electron chi connectivity index (χ3n) is 9.95. The van der Waals surface area contributed by atoms with Crippen LogP contribution in [0, 0.1) is 0 Å². The number of alkyl halides is 1. The number of aromatic nitrogens is 6. The van der Waals surface area contributed by atoms with Crippen molar-refractivity contribution >= 4 is 115 Å². The SMILES string of the molecule is CC(C)c1cn(Cc2c(Cl)cc(NC(=O)OC(C)(C)C)cc2Cl)cnc1=O.CC(C)c1cnc[nH]c1=O.CC(C)c1cncn(Cc2c(Cl)cc(NC(=O)OC(C)(C)C)cc2Cl)c1=O.Nc1cc(Cl)c(CBr)c(Cl)c1. The lowest BCUT2D eigenvalue weighted by Gasteiger charge is -2.20. The van der Waals surface area contributed by atoms with Crippen LogP contribution in [0.25, 0.3) is 0 Å². The molecule has 6 aromatic rings. The Bertz CT molecular complexity index is 3040. The van der Waals surface area contributed by atoms with Crippen molar-refractivity contribution in [3.05, 3.63) is 169 Å². The van der Waals surface area contributed by atoms with Crippen molar-refractivity contribution in [1.82, 2.24) is 29.1 Å². The monoisotopic (exact) mass is 1210 g/mol. The first kappa shape index (κ1) is 64.1. The van der Waals surface area contributed by atoms with Crippen LogP contribution in [0.4, 0.5) is 26.7 Å². The average molecular weight is 1220 g/mol. The molecule has 0 aliphatic rings. The number of H-pyrrole nitrogens is 1. The topological polar surface area (TPSA) is 218 Å². The van der Waals surface area contributed by atoms with Gasteiger partial charge in [0, 0.05) is 104 Å². The number of nitrogens with two attached hydrogens (primary N) is 1. The average Bonchev–Trinajstić information content (AvgIpc) is 3.26. The minimum Gasteiger partial charge on any atom is -0.444 e. The highest BCUT2D eigenvalue weighted by molar-refractivity contribution is 9.08. The van der Waals surface area contributed by atoms with Crippen molar-refractivity contribution in [2.75, 3.05) is 16.4 Å². The van der Waals surface area contributed by atoms with Gasteiger partial charge in [-0.3, -0.25) is 29.6 Å². The zero-order valence-corrected chi connectivity index (χ0v) is 49.7. The lowest BCUT2D eigenvalue weighted by atomic mass is 10.1. The molecule has 0 bridgehead atoms. The summed E-state index contributed by atoms with van der Waals surface area (Å²) < 4.78 is 13.6. The highest BCUT2D eigenvalue weighted by Crippen LogP contribution is 2.32. The van der Waals surface area contributed by atoms with E-state index >= 15 is 0 Å². The molecule has 0 atom stereocenters. The predicted octanol–water partition coefficient (Wildman–Crippen LogP) is 14.5. The molecule has 0 radical (unpaired) electrons. The van der Waals surface area contributed by atoms with Crippen LogP contribution >= 0.6 is 85.5 Å². The summed E-state index contributed by atoms with van der Waals surface area (Å²) in [6, 6.07) is 9.71. The summed E-state index contributed by atoms with van der Waals surface area (Å²) in [7, 11) is 0. The highest BCUT2D eigenvalue weighted by atomic mass is 79.9. The molecule has 0 unspecified atom stereocenters. The van der Waals surface area contributed by atoms with E-state index in [1.165, 1.54) is 23.5 Å². The van der Waals surface area contributed by atoms with Crippen LogP contribution < -0.4 is 33.0 Å². The largest absolute Gasteiger partial charge is 0.444 e. The van der Waals surface area contributed by atoms with Gasteiger partial charge in [-0.25, -0.2) is 19.6 Å². The van der Waals surface area contributed by atoms with Crippen molar-refractivity contribution in [3.8, 4) is 0 Å². The molecule has 0 saturated carbocycles. The molecule has 6 rings (SSSR count). The fourth-order valence-electron chi connectivity index (χ4n) is 6.29. The second kappa shape index (κ2) is 28.8. The second-order valence-electron chi connectivity index (χ2n) is 19.6. The Balaban J connectivity index is 0.000000287. The Kier molecular flexibility index (Phi) is 24.7. The molecule has 406 valence electrons. The molecule has 3 heterocycles. The van der Waals surface area contributed by atoms with Gasteiger partial charge in [0.2, 0.25) is 0 Å². The van der Waals surface area contributed by atoms with Crippen molar-refractivity contribution in [2.45, 2.75) is 130 Å². The molecule has 0 aliphatic carbocycles. The van der Waals surface area contributed by atoms with Crippen molar-refractivity contribution < 1.29 is 19.1 Å². The van der Waals surface area contributed by atoms with Gasteiger partial charge in [-0.1, -0.05) is 127 Å². The molecule has 5 N–H and O–H groups in total. The molecular weight excluding hydrogens is 1160 g/mol. The molecule has 75 heavy (non-hydrogen) atoms. The van der Waals surface area contributed by atoms with E-state index in [0.717, 1.165) is 11.1 Å². The van der Waals surface area contributed by atoms with Crippen molar-refractivity contribution in [3.63, 3.8) is 0 Å². The first-order chi connectivity index (χ1) is 34.8. The number of rotatable bonds is 10. The summed E-state index contributed by atoms with van der Waals surface area (Å²) in [5.74, 6) is 0.366. The highest BCUT2D eigenvalue weighted by Gasteiger charge is 2.20. The molecule has 3 aromatic carbocycles. The van der Waals surface area contributed by atoms with Crippen molar-refractivity contribution in [1.29, 1.82) is 0 Å². The van der Waals surface area contributed by atoms with Crippen LogP contribution in [-0.2, 0) is 27.9 Å². The summed E-state index contributed by atoms with van der Waals surface area (Å²) in [4.78, 5) is 73.5. The molecule has 0 aliphatic heterocycles. The second-order valence-corrected chi connectivity index (χ2v) is 22.6. The number of carbonyl (C=O) groups excluding carboxylic acids is 2. The zero-order chi connectivity index (χ0) is 56.7. The van der Waals surface area contributed by atoms with Gasteiger partial charge in [-0.15, -0.1) is 0 Å². The standard InChI is InChI=1S/2C19H23Cl2N3O3.C7H6BrCl2N.C7H10N2O/c1-11(2)13-8-24(10-22-17(13)25)9-14-15(20)6-12(7-16(14)21)23-18(26)27-19(3,4)5;1-11(2)13-8-22-10-24(17(13)25)9-14-15(20)6-12(7-16(14)21)23-18(26)27-19(3,4)5;8-3-5-6(9)1-4(11)2-7(5)10;1-5(2)6-3-8-4-9-7(6)10/h2*6-8,10-11H,9H2,1-5H3,(H,23,26);1-2H,3,11H2;3-5H,1-2H3,(H,8,9,10). The molecule has 0 spiro atoms. The van der Waals surface area contributed by atoms with Gasteiger partial charge >= 0.3 is 12.2 Å². The number of aromatic amines is 1. The number of nitrogens with one attached hydrogen (secondary N) is 3. The minimum absolute atomic E-state index is 0.0370. The Labute approximate surface area is 475 Å². The molecule has 23 heteroatoms. The first-order valence-corrected chi connectivity index (χ1v) is 26.6. The van der Waals surface area contributed by atoms with Crippen LogP contribution in [0.15, 0.2) is 88.4 Å². The maximum absolute atomic E-state index is 12.5. The smallest absolute Gasteiger partial charge is 0.412 e. The Morgan fingerprint density at radius 2 is 1.07 bits per heavy atom. The van der Waals surface area contributed by atoms with E-state index in [2.05, 4.69) is 46.5 Å². The van der Waals surface area contributed by atoms with E-state index < -0.39 is 23.4 Å². The lowest BCUT2D eigenvalue weighted by molar-refractivity contribution is 0.0624. The van der Waals surface area contributed by atoms with Crippen LogP contribution in [0.1, 0.15) is 134 Å². The number of hydrogen-bond donors (Lipinski definition) is 4. The third kappa shape index (κ3) is 21.1. The van der Waals surface area contributed by atoms with Gasteiger partial charge in [0.1, 0.15) is 11.2 Å². The van der Waals surface area contributed by atoms with Crippen LogP contribution in [0.2, 0.25) is 30.1 Å². The van der Waals surface area contributed by atoms with Crippen molar-refractivity contribution in [2.24, 2.45) is 0 Å². The third-order valence-corrected chi connectivity index (χ3v) is 12.5. The number of ether oxygens (including phenoxy) is 2. The number of hydrogen-bond acceptors (Lipinski definition) is 11. The summed E-state index contributed by atoms with van der Waals surface area (Å²) in [5, 5.41) is 8.49. The Morgan fingerprint density at radius 3 is 1.47 bits per heavy atom. The van der Waals surface area contributed by atoms with E-state index in [-0.39, 0.29) is 41.0 Å². The van der Waals surface area contributed by atoms with Gasteiger partial charge in [0.15, 0.2) is 0 Å². The molecule has 3 aromatic heterocycles. The first-order valence-electron chi connectivity index (χ1n) is 23.2. The molecule has 16 nitrogen and oxygen atoms in total. The number of anilines is 3. The van der Waals surface area contributed by atoms with E-state index in [0.29, 0.717) is 81.3 Å². The number of nitrogen functional groups attached to an aromatic ring is 1. The summed E-state index contributed by atoms with van der Waals surface area (Å²) in [6.07, 6.45) is 8.03. The number of halogens is 7. The maximum atomic E-state index is 12.5. The molecule has 2 amide bonds. The quantitative estimate of drug-likeness (QED) is 0.0747. The lowest BCUT2D eigenvalue weighted by Crippen LogP contribution is -2.27. The van der Waals surface area contributed by atoms with E-state index in [1.807, 2.05) is 41.5 Å². The number of carbonyl (C=O) groups is 2. The van der Waals surface area contributed by atoms with Crippen LogP contribution in [0.3, 0.4) is 0 Å². The van der Waals surface area contributed by atoms with Crippen LogP contribution in [0.5, 0.6) is 0 Å². The summed E-state index contributed by atoms with van der Waals surface area (Å²) in [5.41, 5.74) is 9.37. The number of benzene rings is 3. The zero-order valence-electron chi connectivity index (χ0n) is 43.6. The molecule has 0 fully saturated rings. The van der Waals surface area contributed by atoms with Crippen LogP contribution in [-0.4, -0.2) is 52.5 Å². The number of nitrogens with zero attached hydrogens (tertiary/aromatic N) is 5. The predicted molar refractivity (Wildman–Crippen MR) is 308 cm³/mol. The van der Waals surface area contributed by atoms with E-state index in [4.69, 9.17) is 84.8 Å². The maximum Gasteiger partial charge on any atom is 0.412 e. The van der Waals surface area contributed by atoms with Gasteiger partial charge < -0.3 is 24.8 Å². The summed E-state index contributed by atoms with van der Waals surface area (Å²) >= 11 is 40.4.